The van der Waals surface area contributed by atoms with E-state index in [2.05, 4.69) is 15.9 Å². The molecule has 0 aliphatic rings. The molecule has 0 heterocycles. The van der Waals surface area contributed by atoms with Gasteiger partial charge in [0.25, 0.3) is 0 Å². The third-order valence-electron chi connectivity index (χ3n) is 0.733. The fourth-order valence-electron chi connectivity index (χ4n) is 0.415. The molecule has 0 amide bonds. The summed E-state index contributed by atoms with van der Waals surface area (Å²) in [4.78, 5) is 0. The Morgan fingerprint density at radius 3 is 0.783 bits per heavy atom. The van der Waals surface area contributed by atoms with Gasteiger partial charge in [0.15, 0.2) is 0 Å². The second-order valence-corrected chi connectivity index (χ2v) is 3.70. The molecule has 0 aliphatic carbocycles. The second kappa shape index (κ2) is 15.0. The van der Waals surface area contributed by atoms with E-state index in [0.29, 0.717) is 0 Å². The molecule has 0 radical (unpaired) electrons. The second-order valence-electron chi connectivity index (χ2n) is 2.78. The van der Waals surface area contributed by atoms with Crippen LogP contribution in [0.25, 0.3) is 0 Å². The van der Waals surface area contributed by atoms with Gasteiger partial charge in [-0.1, -0.05) is 34.1 Å². The summed E-state index contributed by atoms with van der Waals surface area (Å²) in [5.41, 5.74) is 0. The zero-order valence-corrected chi connectivity index (χ0v) is 11.6. The summed E-state index contributed by atoms with van der Waals surface area (Å²) in [6.07, 6.45) is 0. The van der Waals surface area contributed by atoms with Crippen molar-refractivity contribution in [2.45, 2.75) is 0 Å². The topological polar surface area (TPSA) is 0 Å². The van der Waals surface area contributed by atoms with Crippen LogP contribution < -0.4 is 0 Å². The summed E-state index contributed by atoms with van der Waals surface area (Å²) in [6.45, 7) is 0. The van der Waals surface area contributed by atoms with Crippen LogP contribution in [0.15, 0.2) is 34.8 Å². The van der Waals surface area contributed by atoms with Crippen LogP contribution in [0.1, 0.15) is 0 Å². The molecular formula is C6H6B3BrF12K-3. The minimum absolute atomic E-state index is 0. The fraction of sp³-hybridized carbons (Fsp3) is 0. The van der Waals surface area contributed by atoms with Gasteiger partial charge in [-0.25, -0.2) is 0 Å². The SMILES string of the molecule is Brc1ccccc1.F[B-](F)(F)F.F[B-](F)(F)F.F[B-](F)(F)F.[KH]. The molecule has 1 aromatic rings. The molecule has 1 rings (SSSR count). The summed E-state index contributed by atoms with van der Waals surface area (Å²) in [5, 5.41) is 0. The summed E-state index contributed by atoms with van der Waals surface area (Å²) >= 11 is 3.31. The Kier molecular flexibility index (Phi) is 20.5. The first-order valence-corrected chi connectivity index (χ1v) is 5.51. The van der Waals surface area contributed by atoms with Crippen LogP contribution in [0.3, 0.4) is 0 Å². The number of hydrogen-bond acceptors (Lipinski definition) is 0. The molecule has 1 aromatic carbocycles. The maximum absolute atomic E-state index is 9.75. The van der Waals surface area contributed by atoms with Crippen LogP contribution in [0, 0.1) is 0 Å². The zero-order chi connectivity index (χ0) is 18.6. The molecule has 0 saturated heterocycles. The molecule has 0 bridgehead atoms. The first-order chi connectivity index (χ1) is 9.39. The van der Waals surface area contributed by atoms with Gasteiger partial charge in [0.1, 0.15) is 0 Å². The van der Waals surface area contributed by atoms with Crippen molar-refractivity contribution >= 4 is 89.1 Å². The predicted molar refractivity (Wildman–Crippen MR) is 71.8 cm³/mol. The Hall–Kier alpha value is 0.691. The van der Waals surface area contributed by atoms with Gasteiger partial charge < -0.3 is 51.8 Å². The monoisotopic (exact) mass is 457 g/mol. The van der Waals surface area contributed by atoms with Crippen LogP contribution in [0.2, 0.25) is 0 Å². The summed E-state index contributed by atoms with van der Waals surface area (Å²) in [5.74, 6) is 0. The maximum atomic E-state index is 9.75. The van der Waals surface area contributed by atoms with Gasteiger partial charge in [-0.2, -0.15) is 0 Å². The van der Waals surface area contributed by atoms with Gasteiger partial charge in [0, 0.05) is 4.47 Å². The van der Waals surface area contributed by atoms with Gasteiger partial charge in [0.05, 0.1) is 0 Å². The van der Waals surface area contributed by atoms with Gasteiger partial charge in [-0.15, -0.1) is 0 Å². The predicted octanol–water partition coefficient (Wildman–Crippen LogP) is 5.70. The fourth-order valence-corrected chi connectivity index (χ4v) is 0.720. The number of hydrogen-bond donors (Lipinski definition) is 0. The molecule has 17 heteroatoms. The number of benzene rings is 1. The zero-order valence-electron chi connectivity index (χ0n) is 10.0. The van der Waals surface area contributed by atoms with E-state index >= 15 is 0 Å². The standard InChI is InChI=1S/C6H5Br.3BF4.K.H/c7-6-4-2-1-3-5-6;3*2-1(3,4)5;;/h1-5H;;;;;/q;3*-1;;. The van der Waals surface area contributed by atoms with E-state index in [1.54, 1.807) is 0 Å². The Labute approximate surface area is 174 Å². The Morgan fingerprint density at radius 2 is 0.696 bits per heavy atom. The minimum atomic E-state index is -6.00. The molecule has 0 spiro atoms. The van der Waals surface area contributed by atoms with Gasteiger partial charge in [-0.3, -0.25) is 0 Å². The van der Waals surface area contributed by atoms with E-state index < -0.39 is 21.8 Å². The molecule has 0 atom stereocenters. The van der Waals surface area contributed by atoms with Crippen molar-refractivity contribution < 1.29 is 51.8 Å². The molecule has 0 nitrogen and oxygen atoms in total. The van der Waals surface area contributed by atoms with Crippen LogP contribution in [0.4, 0.5) is 51.8 Å². The molecular weight excluding hydrogens is 451 g/mol. The van der Waals surface area contributed by atoms with Crippen molar-refractivity contribution in [2.75, 3.05) is 0 Å². The first-order valence-electron chi connectivity index (χ1n) is 4.72. The Morgan fingerprint density at radius 1 is 0.522 bits per heavy atom. The summed E-state index contributed by atoms with van der Waals surface area (Å²) < 4.78 is 118. The molecule has 0 aromatic heterocycles. The number of rotatable bonds is 0. The van der Waals surface area contributed by atoms with Gasteiger partial charge >= 0.3 is 73.1 Å². The number of halogens is 13. The van der Waals surface area contributed by atoms with E-state index in [1.807, 2.05) is 30.3 Å². The van der Waals surface area contributed by atoms with Crippen molar-refractivity contribution in [3.8, 4) is 0 Å². The third kappa shape index (κ3) is 129. The molecule has 0 N–H and O–H groups in total. The van der Waals surface area contributed by atoms with E-state index in [1.165, 1.54) is 0 Å². The average molecular weight is 458 g/mol. The van der Waals surface area contributed by atoms with Crippen LogP contribution in [-0.4, -0.2) is 73.1 Å². The van der Waals surface area contributed by atoms with Crippen molar-refractivity contribution in [2.24, 2.45) is 0 Å². The van der Waals surface area contributed by atoms with Crippen molar-refractivity contribution in [1.82, 2.24) is 0 Å². The van der Waals surface area contributed by atoms with Crippen LogP contribution >= 0.6 is 15.9 Å². The molecule has 0 aliphatic heterocycles. The van der Waals surface area contributed by atoms with Crippen LogP contribution in [0.5, 0.6) is 0 Å². The van der Waals surface area contributed by atoms with E-state index in [4.69, 9.17) is 0 Å². The van der Waals surface area contributed by atoms with Crippen molar-refractivity contribution in [3.05, 3.63) is 34.8 Å². The van der Waals surface area contributed by atoms with E-state index in [-0.39, 0.29) is 51.4 Å². The molecule has 0 unspecified atom stereocenters. The van der Waals surface area contributed by atoms with Crippen molar-refractivity contribution in [1.29, 1.82) is 0 Å². The van der Waals surface area contributed by atoms with Crippen molar-refractivity contribution in [3.63, 3.8) is 0 Å². The van der Waals surface area contributed by atoms with Crippen LogP contribution in [-0.2, 0) is 0 Å². The molecule has 0 fully saturated rings. The quantitative estimate of drug-likeness (QED) is 0.346. The summed E-state index contributed by atoms with van der Waals surface area (Å²) in [7, 11) is -18.0. The normalized spacial score (nSPS) is 10.5. The molecule has 134 valence electrons. The Bertz CT molecular complexity index is 319. The van der Waals surface area contributed by atoms with Gasteiger partial charge in [-0.05, 0) is 12.1 Å². The summed E-state index contributed by atoms with van der Waals surface area (Å²) in [6, 6.07) is 9.97. The van der Waals surface area contributed by atoms with E-state index in [0.717, 1.165) is 4.47 Å². The van der Waals surface area contributed by atoms with Gasteiger partial charge in [0.2, 0.25) is 0 Å². The first kappa shape index (κ1) is 31.5. The molecule has 23 heavy (non-hydrogen) atoms. The third-order valence-corrected chi connectivity index (χ3v) is 1.26. The average Bonchev–Trinajstić information content (AvgIpc) is 2.09. The Balaban J connectivity index is -0.000000105. The van der Waals surface area contributed by atoms with E-state index in [9.17, 15) is 51.8 Å². The molecule has 0 saturated carbocycles.